The van der Waals surface area contributed by atoms with Crippen LogP contribution in [0.15, 0.2) is 12.3 Å². The highest BCUT2D eigenvalue weighted by molar-refractivity contribution is 5.92. The summed E-state index contributed by atoms with van der Waals surface area (Å²) in [6.45, 7) is 1.91. The first-order valence-electron chi connectivity index (χ1n) is 5.27. The van der Waals surface area contributed by atoms with E-state index in [4.69, 9.17) is 0 Å². The molecule has 1 fully saturated rings. The van der Waals surface area contributed by atoms with Gasteiger partial charge in [-0.15, -0.1) is 0 Å². The molecule has 1 aliphatic rings. The normalized spacial score (nSPS) is 21.3. The van der Waals surface area contributed by atoms with E-state index in [1.807, 2.05) is 0 Å². The average molecular weight is 208 g/mol. The van der Waals surface area contributed by atoms with Crippen LogP contribution in [0.1, 0.15) is 23.3 Å². The lowest BCUT2D eigenvalue weighted by atomic mass is 10.1. The molecule has 0 aliphatic carbocycles. The summed E-state index contributed by atoms with van der Waals surface area (Å²) >= 11 is 0. The van der Waals surface area contributed by atoms with E-state index in [9.17, 15) is 4.79 Å². The molecule has 2 heterocycles. The van der Waals surface area contributed by atoms with Gasteiger partial charge in [0.05, 0.1) is 0 Å². The topological polar surface area (TPSA) is 59.0 Å². The van der Waals surface area contributed by atoms with Gasteiger partial charge in [0.2, 0.25) is 0 Å². The summed E-state index contributed by atoms with van der Waals surface area (Å²) in [5, 5.41) is 10.3. The predicted octanol–water partition coefficient (Wildman–Crippen LogP) is -0.0981. The summed E-state index contributed by atoms with van der Waals surface area (Å²) in [5.74, 6) is -0.0794. The van der Waals surface area contributed by atoms with Crippen LogP contribution < -0.4 is 10.6 Å². The minimum absolute atomic E-state index is 0.0794. The van der Waals surface area contributed by atoms with Crippen molar-refractivity contribution in [1.29, 1.82) is 0 Å². The molecule has 2 N–H and O–H groups in total. The van der Waals surface area contributed by atoms with Crippen molar-refractivity contribution in [2.75, 3.05) is 13.1 Å². The molecular formula is C10H16N4O. The second-order valence-electron chi connectivity index (χ2n) is 3.89. The number of hydrogen-bond donors (Lipinski definition) is 2. The molecule has 1 aromatic heterocycles. The van der Waals surface area contributed by atoms with Crippen LogP contribution >= 0.6 is 0 Å². The van der Waals surface area contributed by atoms with Crippen LogP contribution in [-0.2, 0) is 7.05 Å². The Kier molecular flexibility index (Phi) is 3.01. The van der Waals surface area contributed by atoms with Crippen LogP contribution in [0.2, 0.25) is 0 Å². The largest absolute Gasteiger partial charge is 0.347 e. The van der Waals surface area contributed by atoms with Crippen molar-refractivity contribution in [2.45, 2.75) is 18.9 Å². The van der Waals surface area contributed by atoms with Gasteiger partial charge >= 0.3 is 0 Å². The number of nitrogens with zero attached hydrogens (tertiary/aromatic N) is 2. The van der Waals surface area contributed by atoms with Crippen molar-refractivity contribution in [3.8, 4) is 0 Å². The number of aryl methyl sites for hydroxylation is 1. The van der Waals surface area contributed by atoms with Crippen LogP contribution in [0, 0.1) is 0 Å². The summed E-state index contributed by atoms with van der Waals surface area (Å²) in [5.41, 5.74) is 0.489. The lowest BCUT2D eigenvalue weighted by Gasteiger charge is -2.23. The molecule has 0 unspecified atom stereocenters. The van der Waals surface area contributed by atoms with E-state index < -0.39 is 0 Å². The highest BCUT2D eigenvalue weighted by Gasteiger charge is 2.17. The van der Waals surface area contributed by atoms with Gasteiger partial charge in [0.1, 0.15) is 5.69 Å². The second-order valence-corrected chi connectivity index (χ2v) is 3.89. The zero-order valence-electron chi connectivity index (χ0n) is 8.86. The number of aromatic nitrogens is 2. The van der Waals surface area contributed by atoms with Gasteiger partial charge < -0.3 is 10.6 Å². The second kappa shape index (κ2) is 4.44. The summed E-state index contributed by atoms with van der Waals surface area (Å²) in [6, 6.07) is 1.97. The number of rotatable bonds is 2. The van der Waals surface area contributed by atoms with Gasteiger partial charge in [-0.3, -0.25) is 9.48 Å². The van der Waals surface area contributed by atoms with Crippen molar-refractivity contribution >= 4 is 5.91 Å². The number of nitrogens with one attached hydrogen (secondary N) is 2. The van der Waals surface area contributed by atoms with E-state index in [0.29, 0.717) is 5.69 Å². The third-order valence-electron chi connectivity index (χ3n) is 2.58. The SMILES string of the molecule is Cn1ccc(C(=O)N[C@@H]2CCCNC2)n1. The Hall–Kier alpha value is -1.36. The molecule has 0 radical (unpaired) electrons. The molecule has 82 valence electrons. The zero-order valence-corrected chi connectivity index (χ0v) is 8.86. The summed E-state index contributed by atoms with van der Waals surface area (Å²) < 4.78 is 1.63. The lowest BCUT2D eigenvalue weighted by Crippen LogP contribution is -2.45. The Morgan fingerprint density at radius 3 is 3.20 bits per heavy atom. The third kappa shape index (κ3) is 2.56. The molecule has 1 aliphatic heterocycles. The molecule has 5 nitrogen and oxygen atoms in total. The average Bonchev–Trinajstić information content (AvgIpc) is 2.66. The zero-order chi connectivity index (χ0) is 10.7. The first-order chi connectivity index (χ1) is 7.25. The number of hydrogen-bond acceptors (Lipinski definition) is 3. The smallest absolute Gasteiger partial charge is 0.272 e. The maximum absolute atomic E-state index is 11.7. The first kappa shape index (κ1) is 10.2. The van der Waals surface area contributed by atoms with Crippen LogP contribution in [-0.4, -0.2) is 34.8 Å². The fourth-order valence-corrected chi connectivity index (χ4v) is 1.77. The number of amides is 1. The first-order valence-corrected chi connectivity index (χ1v) is 5.27. The van der Waals surface area contributed by atoms with Gasteiger partial charge in [-0.25, -0.2) is 0 Å². The molecule has 0 saturated carbocycles. The van der Waals surface area contributed by atoms with Crippen molar-refractivity contribution in [3.05, 3.63) is 18.0 Å². The minimum Gasteiger partial charge on any atom is -0.347 e. The van der Waals surface area contributed by atoms with E-state index >= 15 is 0 Å². The fraction of sp³-hybridized carbons (Fsp3) is 0.600. The van der Waals surface area contributed by atoms with Gasteiger partial charge in [-0.1, -0.05) is 0 Å². The molecule has 0 spiro atoms. The van der Waals surface area contributed by atoms with E-state index in [2.05, 4.69) is 15.7 Å². The van der Waals surface area contributed by atoms with Gasteiger partial charge in [-0.2, -0.15) is 5.10 Å². The molecule has 15 heavy (non-hydrogen) atoms. The predicted molar refractivity (Wildman–Crippen MR) is 56.6 cm³/mol. The maximum Gasteiger partial charge on any atom is 0.272 e. The molecule has 5 heteroatoms. The Balaban J connectivity index is 1.91. The Morgan fingerprint density at radius 2 is 2.60 bits per heavy atom. The van der Waals surface area contributed by atoms with Gasteiger partial charge in [0.15, 0.2) is 0 Å². The molecular weight excluding hydrogens is 192 g/mol. The Bertz CT molecular complexity index is 341. The molecule has 0 bridgehead atoms. The van der Waals surface area contributed by atoms with Crippen molar-refractivity contribution in [2.24, 2.45) is 7.05 Å². The van der Waals surface area contributed by atoms with Crippen LogP contribution in [0.5, 0.6) is 0 Å². The monoisotopic (exact) mass is 208 g/mol. The molecule has 2 rings (SSSR count). The Morgan fingerprint density at radius 1 is 1.73 bits per heavy atom. The molecule has 1 amide bonds. The number of carbonyl (C=O) groups excluding carboxylic acids is 1. The molecule has 1 aromatic rings. The minimum atomic E-state index is -0.0794. The number of piperidine rings is 1. The van der Waals surface area contributed by atoms with Gasteiger partial charge in [-0.05, 0) is 25.5 Å². The summed E-state index contributed by atoms with van der Waals surface area (Å²) in [4.78, 5) is 11.7. The maximum atomic E-state index is 11.7. The van der Waals surface area contributed by atoms with Crippen LogP contribution in [0.3, 0.4) is 0 Å². The molecule has 1 saturated heterocycles. The molecule has 1 atom stereocenters. The molecule has 0 aromatic carbocycles. The van der Waals surface area contributed by atoms with E-state index in [1.54, 1.807) is 24.0 Å². The lowest BCUT2D eigenvalue weighted by molar-refractivity contribution is 0.0925. The van der Waals surface area contributed by atoms with Crippen molar-refractivity contribution in [3.63, 3.8) is 0 Å². The standard InChI is InChI=1S/C10H16N4O/c1-14-6-4-9(13-14)10(15)12-8-3-2-5-11-7-8/h4,6,8,11H,2-3,5,7H2,1H3,(H,12,15)/t8-/m1/s1. The number of carbonyl (C=O) groups is 1. The fourth-order valence-electron chi connectivity index (χ4n) is 1.77. The van der Waals surface area contributed by atoms with Crippen LogP contribution in [0.4, 0.5) is 0 Å². The third-order valence-corrected chi connectivity index (χ3v) is 2.58. The summed E-state index contributed by atoms with van der Waals surface area (Å²) in [7, 11) is 1.80. The highest BCUT2D eigenvalue weighted by Crippen LogP contribution is 2.02. The summed E-state index contributed by atoms with van der Waals surface area (Å²) in [6.07, 6.45) is 3.94. The van der Waals surface area contributed by atoms with Crippen molar-refractivity contribution < 1.29 is 4.79 Å². The van der Waals surface area contributed by atoms with Gasteiger partial charge in [0.25, 0.3) is 5.91 Å². The highest BCUT2D eigenvalue weighted by atomic mass is 16.2. The van der Waals surface area contributed by atoms with Gasteiger partial charge in [0, 0.05) is 25.8 Å². The van der Waals surface area contributed by atoms with E-state index in [1.165, 1.54) is 0 Å². The van der Waals surface area contributed by atoms with E-state index in [-0.39, 0.29) is 11.9 Å². The van der Waals surface area contributed by atoms with Crippen LogP contribution in [0.25, 0.3) is 0 Å². The van der Waals surface area contributed by atoms with E-state index in [0.717, 1.165) is 25.9 Å². The quantitative estimate of drug-likeness (QED) is 0.713. The van der Waals surface area contributed by atoms with Crippen molar-refractivity contribution in [1.82, 2.24) is 20.4 Å². The Labute approximate surface area is 88.8 Å².